The Kier molecular flexibility index (Phi) is 6.25. The molecule has 9 aromatic carbocycles. The number of fused-ring (bicyclic) bond motifs is 4. The second-order valence-corrected chi connectivity index (χ2v) is 12.2. The third-order valence-electron chi connectivity index (χ3n) is 9.39. The molecule has 0 nitrogen and oxygen atoms in total. The van der Waals surface area contributed by atoms with Crippen LogP contribution in [0.15, 0.2) is 182 Å². The highest BCUT2D eigenvalue weighted by molar-refractivity contribution is 6.03. The monoisotopic (exact) mass is 582 g/mol. The molecule has 0 radical (unpaired) electrons. The number of benzene rings is 9. The van der Waals surface area contributed by atoms with E-state index in [-0.39, 0.29) is 0 Å². The lowest BCUT2D eigenvalue weighted by atomic mass is 9.90. The van der Waals surface area contributed by atoms with Crippen molar-refractivity contribution in [3.05, 3.63) is 182 Å². The zero-order chi connectivity index (χ0) is 30.5. The summed E-state index contributed by atoms with van der Waals surface area (Å²) >= 11 is 0. The van der Waals surface area contributed by atoms with E-state index >= 15 is 0 Å². The SMILES string of the molecule is c1ccc(-c2ccc3cc4cc(-c5ccccc5-c5ccc6ccccc6c5)ccc4cc3c2)c(-c2ccc3ccccc3c2)c1. The first kappa shape index (κ1) is 26.4. The molecule has 0 heterocycles. The first-order valence-electron chi connectivity index (χ1n) is 15.9. The van der Waals surface area contributed by atoms with Gasteiger partial charge < -0.3 is 0 Å². The maximum Gasteiger partial charge on any atom is -0.0105 e. The molecule has 0 saturated carbocycles. The quantitative estimate of drug-likeness (QED) is 0.181. The third-order valence-corrected chi connectivity index (χ3v) is 9.39. The lowest BCUT2D eigenvalue weighted by molar-refractivity contribution is 1.60. The van der Waals surface area contributed by atoms with Gasteiger partial charge in [-0.2, -0.15) is 0 Å². The molecule has 0 saturated heterocycles. The van der Waals surface area contributed by atoms with E-state index in [0.29, 0.717) is 0 Å². The average molecular weight is 583 g/mol. The van der Waals surface area contributed by atoms with E-state index in [1.807, 2.05) is 0 Å². The number of hydrogen-bond acceptors (Lipinski definition) is 0. The summed E-state index contributed by atoms with van der Waals surface area (Å²) in [6.45, 7) is 0. The van der Waals surface area contributed by atoms with Gasteiger partial charge in [0.25, 0.3) is 0 Å². The third kappa shape index (κ3) is 4.64. The van der Waals surface area contributed by atoms with Crippen molar-refractivity contribution >= 4 is 43.1 Å². The van der Waals surface area contributed by atoms with Gasteiger partial charge >= 0.3 is 0 Å². The Morgan fingerprint density at radius 1 is 0.174 bits per heavy atom. The molecule has 9 aromatic rings. The molecule has 0 spiro atoms. The Bertz CT molecular complexity index is 2400. The van der Waals surface area contributed by atoms with Gasteiger partial charge in [0.05, 0.1) is 0 Å². The number of hydrogen-bond donors (Lipinski definition) is 0. The molecule has 0 fully saturated rings. The van der Waals surface area contributed by atoms with Crippen LogP contribution in [0.3, 0.4) is 0 Å². The van der Waals surface area contributed by atoms with Gasteiger partial charge in [0.15, 0.2) is 0 Å². The summed E-state index contributed by atoms with van der Waals surface area (Å²) in [7, 11) is 0. The Balaban J connectivity index is 1.11. The van der Waals surface area contributed by atoms with E-state index < -0.39 is 0 Å². The van der Waals surface area contributed by atoms with Crippen LogP contribution in [-0.4, -0.2) is 0 Å². The van der Waals surface area contributed by atoms with E-state index in [0.717, 1.165) is 0 Å². The van der Waals surface area contributed by atoms with Crippen molar-refractivity contribution in [3.8, 4) is 44.5 Å². The highest BCUT2D eigenvalue weighted by Crippen LogP contribution is 2.38. The van der Waals surface area contributed by atoms with Gasteiger partial charge in [-0.3, -0.25) is 0 Å². The fraction of sp³-hybridized carbons (Fsp3) is 0. The second-order valence-electron chi connectivity index (χ2n) is 12.2. The molecule has 0 amide bonds. The maximum absolute atomic E-state index is 2.34. The first-order valence-corrected chi connectivity index (χ1v) is 15.9. The summed E-state index contributed by atoms with van der Waals surface area (Å²) in [4.78, 5) is 0. The number of rotatable bonds is 4. The molecule has 9 rings (SSSR count). The van der Waals surface area contributed by atoms with Crippen molar-refractivity contribution in [1.29, 1.82) is 0 Å². The lowest BCUT2D eigenvalue weighted by Crippen LogP contribution is -1.87. The largest absolute Gasteiger partial charge is 0.0616 e. The fourth-order valence-electron chi connectivity index (χ4n) is 7.02. The highest BCUT2D eigenvalue weighted by atomic mass is 14.2. The molecule has 0 aliphatic heterocycles. The maximum atomic E-state index is 2.34. The van der Waals surface area contributed by atoms with Crippen molar-refractivity contribution in [2.24, 2.45) is 0 Å². The van der Waals surface area contributed by atoms with Crippen LogP contribution in [0.2, 0.25) is 0 Å². The zero-order valence-corrected chi connectivity index (χ0v) is 25.3. The van der Waals surface area contributed by atoms with E-state index in [9.17, 15) is 0 Å². The molecule has 0 atom stereocenters. The van der Waals surface area contributed by atoms with Gasteiger partial charge in [0.2, 0.25) is 0 Å². The molecule has 0 heteroatoms. The zero-order valence-electron chi connectivity index (χ0n) is 25.3. The standard InChI is InChI=1S/C46H30/c1-3-11-33-25-37(21-17-31(33)9-1)43-13-5-7-15-45(43)39-23-19-35-28-42-30-40(24-20-36(42)27-41(35)29-39)46-16-8-6-14-44(46)38-22-18-32-10-2-4-12-34(32)26-38/h1-30H. The van der Waals surface area contributed by atoms with Crippen LogP contribution in [-0.2, 0) is 0 Å². The minimum atomic E-state index is 1.23. The van der Waals surface area contributed by atoms with Crippen LogP contribution in [0.4, 0.5) is 0 Å². The van der Waals surface area contributed by atoms with Crippen molar-refractivity contribution in [2.75, 3.05) is 0 Å². The van der Waals surface area contributed by atoms with Crippen LogP contribution in [0.5, 0.6) is 0 Å². The van der Waals surface area contributed by atoms with Gasteiger partial charge in [-0.15, -0.1) is 0 Å². The van der Waals surface area contributed by atoms with Crippen LogP contribution < -0.4 is 0 Å². The predicted octanol–water partition coefficient (Wildman–Crippen LogP) is 13.0. The van der Waals surface area contributed by atoms with Gasteiger partial charge in [-0.1, -0.05) is 146 Å². The molecular weight excluding hydrogens is 553 g/mol. The van der Waals surface area contributed by atoms with Crippen molar-refractivity contribution in [1.82, 2.24) is 0 Å². The molecule has 0 N–H and O–H groups in total. The smallest absolute Gasteiger partial charge is 0.0105 e. The summed E-state index contributed by atoms with van der Waals surface area (Å²) in [6.07, 6.45) is 0. The minimum Gasteiger partial charge on any atom is -0.0616 e. The van der Waals surface area contributed by atoms with Crippen molar-refractivity contribution < 1.29 is 0 Å². The highest BCUT2D eigenvalue weighted by Gasteiger charge is 2.11. The Labute approximate surface area is 268 Å². The normalized spacial score (nSPS) is 11.5. The van der Waals surface area contributed by atoms with Gasteiger partial charge in [-0.05, 0) is 124 Å². The van der Waals surface area contributed by atoms with E-state index in [4.69, 9.17) is 0 Å². The van der Waals surface area contributed by atoms with Crippen molar-refractivity contribution in [3.63, 3.8) is 0 Å². The Hall–Kier alpha value is -5.98. The molecule has 0 aliphatic rings. The summed E-state index contributed by atoms with van der Waals surface area (Å²) in [5.41, 5.74) is 9.95. The summed E-state index contributed by atoms with van der Waals surface area (Å²) in [6, 6.07) is 66.7. The second kappa shape index (κ2) is 10.9. The molecule has 0 unspecified atom stereocenters. The summed E-state index contributed by atoms with van der Waals surface area (Å²) < 4.78 is 0. The van der Waals surface area contributed by atoms with E-state index in [2.05, 4.69) is 182 Å². The molecule has 0 aliphatic carbocycles. The van der Waals surface area contributed by atoms with Gasteiger partial charge in [0.1, 0.15) is 0 Å². The molecule has 0 bridgehead atoms. The van der Waals surface area contributed by atoms with Crippen LogP contribution >= 0.6 is 0 Å². The van der Waals surface area contributed by atoms with Gasteiger partial charge in [0, 0.05) is 0 Å². The van der Waals surface area contributed by atoms with E-state index in [1.54, 1.807) is 0 Å². The summed E-state index contributed by atoms with van der Waals surface area (Å²) in [5.74, 6) is 0. The van der Waals surface area contributed by atoms with Crippen LogP contribution in [0, 0.1) is 0 Å². The lowest BCUT2D eigenvalue weighted by Gasteiger charge is -2.14. The van der Waals surface area contributed by atoms with Crippen LogP contribution in [0.1, 0.15) is 0 Å². The van der Waals surface area contributed by atoms with Gasteiger partial charge in [-0.25, -0.2) is 0 Å². The van der Waals surface area contributed by atoms with E-state index in [1.165, 1.54) is 87.6 Å². The Morgan fingerprint density at radius 2 is 0.435 bits per heavy atom. The molecule has 46 heavy (non-hydrogen) atoms. The topological polar surface area (TPSA) is 0 Å². The fourth-order valence-corrected chi connectivity index (χ4v) is 7.02. The van der Waals surface area contributed by atoms with Crippen molar-refractivity contribution in [2.45, 2.75) is 0 Å². The average Bonchev–Trinajstić information content (AvgIpc) is 3.13. The Morgan fingerprint density at radius 3 is 0.804 bits per heavy atom. The summed E-state index contributed by atoms with van der Waals surface area (Å²) in [5, 5.41) is 10.1. The molecular formula is C46H30. The first-order chi connectivity index (χ1) is 22.8. The minimum absolute atomic E-state index is 1.23. The molecule has 214 valence electrons. The molecule has 0 aromatic heterocycles. The predicted molar refractivity (Wildman–Crippen MR) is 198 cm³/mol. The van der Waals surface area contributed by atoms with Crippen LogP contribution in [0.25, 0.3) is 87.6 Å².